The van der Waals surface area contributed by atoms with Crippen LogP contribution in [0.3, 0.4) is 0 Å². The Morgan fingerprint density at radius 3 is 2.67 bits per heavy atom. The summed E-state index contributed by atoms with van der Waals surface area (Å²) >= 11 is 0. The average molecular weight is 294 g/mol. The molecule has 1 aliphatic rings. The molecule has 116 valence electrons. The van der Waals surface area contributed by atoms with Crippen LogP contribution in [0.2, 0.25) is 0 Å². The van der Waals surface area contributed by atoms with Crippen molar-refractivity contribution in [3.05, 3.63) is 29.6 Å². The molecule has 1 fully saturated rings. The summed E-state index contributed by atoms with van der Waals surface area (Å²) in [5.41, 5.74) is 6.51. The maximum absolute atomic E-state index is 13.4. The number of nitrogens with one attached hydrogen (secondary N) is 1. The van der Waals surface area contributed by atoms with Crippen molar-refractivity contribution in [1.82, 2.24) is 5.32 Å². The molecule has 0 aliphatic heterocycles. The minimum Gasteiger partial charge on any atom is -0.496 e. The average Bonchev–Trinajstić information content (AvgIpc) is 2.47. The Bertz CT molecular complexity index is 499. The highest BCUT2D eigenvalue weighted by atomic mass is 19.1. The Labute approximate surface area is 124 Å². The first-order valence-corrected chi connectivity index (χ1v) is 7.40. The topological polar surface area (TPSA) is 64.3 Å². The van der Waals surface area contributed by atoms with Crippen LogP contribution in [0.4, 0.5) is 4.39 Å². The number of hydrogen-bond acceptors (Lipinski definition) is 3. The Kier molecular flexibility index (Phi) is 5.17. The normalized spacial score (nSPS) is 23.4. The molecule has 0 aromatic heterocycles. The minimum absolute atomic E-state index is 0.00630. The SMILES string of the molecule is COc1ccc(F)cc1C(C)NC(=O)C1CCC(N)CC1. The Balaban J connectivity index is 2.02. The van der Waals surface area contributed by atoms with Crippen LogP contribution in [0.5, 0.6) is 5.75 Å². The van der Waals surface area contributed by atoms with Crippen LogP contribution in [-0.2, 0) is 4.79 Å². The zero-order valence-electron chi connectivity index (χ0n) is 12.6. The van der Waals surface area contributed by atoms with Crippen LogP contribution in [-0.4, -0.2) is 19.1 Å². The van der Waals surface area contributed by atoms with E-state index >= 15 is 0 Å². The standard InChI is InChI=1S/C16H23FN2O2/c1-10(14-9-12(17)5-8-15(14)21-2)19-16(20)11-3-6-13(18)7-4-11/h5,8-11,13H,3-4,6-7,18H2,1-2H3,(H,19,20). The van der Waals surface area contributed by atoms with Crippen molar-refractivity contribution in [1.29, 1.82) is 0 Å². The number of methoxy groups -OCH3 is 1. The van der Waals surface area contributed by atoms with E-state index in [1.807, 2.05) is 6.92 Å². The molecule has 0 saturated heterocycles. The molecule has 3 N–H and O–H groups in total. The van der Waals surface area contributed by atoms with E-state index in [0.29, 0.717) is 11.3 Å². The number of carbonyl (C=O) groups is 1. The lowest BCUT2D eigenvalue weighted by Gasteiger charge is -2.27. The fourth-order valence-corrected chi connectivity index (χ4v) is 2.83. The maximum atomic E-state index is 13.4. The molecule has 0 radical (unpaired) electrons. The number of hydrogen-bond donors (Lipinski definition) is 2. The van der Waals surface area contributed by atoms with Gasteiger partial charge in [0.15, 0.2) is 0 Å². The molecule has 0 spiro atoms. The number of carbonyl (C=O) groups excluding carboxylic acids is 1. The molecule has 4 nitrogen and oxygen atoms in total. The largest absolute Gasteiger partial charge is 0.496 e. The van der Waals surface area contributed by atoms with Gasteiger partial charge in [-0.3, -0.25) is 4.79 Å². The van der Waals surface area contributed by atoms with Crippen molar-refractivity contribution in [2.45, 2.75) is 44.7 Å². The second kappa shape index (κ2) is 6.89. The highest BCUT2D eigenvalue weighted by Gasteiger charge is 2.26. The molecule has 1 unspecified atom stereocenters. The first-order valence-electron chi connectivity index (χ1n) is 7.40. The third-order valence-corrected chi connectivity index (χ3v) is 4.16. The van der Waals surface area contributed by atoms with E-state index < -0.39 is 0 Å². The molecule has 1 aromatic carbocycles. The van der Waals surface area contributed by atoms with Gasteiger partial charge in [-0.2, -0.15) is 0 Å². The number of amides is 1. The fourth-order valence-electron chi connectivity index (χ4n) is 2.83. The van der Waals surface area contributed by atoms with Crippen molar-refractivity contribution >= 4 is 5.91 Å². The minimum atomic E-state index is -0.337. The van der Waals surface area contributed by atoms with Gasteiger partial charge in [-0.05, 0) is 50.8 Å². The van der Waals surface area contributed by atoms with Gasteiger partial charge in [0.2, 0.25) is 5.91 Å². The lowest BCUT2D eigenvalue weighted by molar-refractivity contribution is -0.126. The quantitative estimate of drug-likeness (QED) is 0.897. The van der Waals surface area contributed by atoms with E-state index in [9.17, 15) is 9.18 Å². The predicted octanol–water partition coefficient (Wildman–Crippen LogP) is 2.53. The summed E-state index contributed by atoms with van der Waals surface area (Å²) in [5.74, 6) is 0.262. The first kappa shape index (κ1) is 15.8. The highest BCUT2D eigenvalue weighted by molar-refractivity contribution is 5.79. The molecule has 5 heteroatoms. The van der Waals surface area contributed by atoms with Crippen molar-refractivity contribution in [2.75, 3.05) is 7.11 Å². The lowest BCUT2D eigenvalue weighted by Crippen LogP contribution is -2.37. The molecule has 1 amide bonds. The van der Waals surface area contributed by atoms with Gasteiger partial charge in [0.05, 0.1) is 13.2 Å². The van der Waals surface area contributed by atoms with Crippen LogP contribution in [0.25, 0.3) is 0 Å². The molecule has 1 aromatic rings. The monoisotopic (exact) mass is 294 g/mol. The third kappa shape index (κ3) is 3.94. The van der Waals surface area contributed by atoms with Crippen molar-refractivity contribution in [3.63, 3.8) is 0 Å². The lowest BCUT2D eigenvalue weighted by atomic mass is 9.85. The van der Waals surface area contributed by atoms with Crippen molar-refractivity contribution < 1.29 is 13.9 Å². The van der Waals surface area contributed by atoms with Crippen LogP contribution >= 0.6 is 0 Å². The summed E-state index contributed by atoms with van der Waals surface area (Å²) in [7, 11) is 1.54. The molecule has 1 saturated carbocycles. The fraction of sp³-hybridized carbons (Fsp3) is 0.562. The van der Waals surface area contributed by atoms with Crippen molar-refractivity contribution in [2.24, 2.45) is 11.7 Å². The van der Waals surface area contributed by atoms with Gasteiger partial charge in [0.1, 0.15) is 11.6 Å². The summed E-state index contributed by atoms with van der Waals surface area (Å²) in [6.45, 7) is 1.84. The smallest absolute Gasteiger partial charge is 0.223 e. The maximum Gasteiger partial charge on any atom is 0.223 e. The van der Waals surface area contributed by atoms with Gasteiger partial charge in [0.25, 0.3) is 0 Å². The molecular weight excluding hydrogens is 271 g/mol. The van der Waals surface area contributed by atoms with Gasteiger partial charge < -0.3 is 15.8 Å². The van der Waals surface area contributed by atoms with E-state index in [0.717, 1.165) is 25.7 Å². The summed E-state index contributed by atoms with van der Waals surface area (Å²) in [6, 6.07) is 4.25. The Morgan fingerprint density at radius 1 is 1.38 bits per heavy atom. The molecule has 0 bridgehead atoms. The van der Waals surface area contributed by atoms with Crippen LogP contribution < -0.4 is 15.8 Å². The summed E-state index contributed by atoms with van der Waals surface area (Å²) in [5, 5.41) is 2.96. The second-order valence-corrected chi connectivity index (χ2v) is 5.73. The van der Waals surface area contributed by atoms with E-state index in [1.54, 1.807) is 6.07 Å². The predicted molar refractivity (Wildman–Crippen MR) is 79.4 cm³/mol. The number of halogens is 1. The second-order valence-electron chi connectivity index (χ2n) is 5.73. The van der Waals surface area contributed by atoms with Crippen LogP contribution in [0, 0.1) is 11.7 Å². The summed E-state index contributed by atoms with van der Waals surface area (Å²) in [4.78, 5) is 12.3. The van der Waals surface area contributed by atoms with Crippen molar-refractivity contribution in [3.8, 4) is 5.75 Å². The molecule has 2 rings (SSSR count). The van der Waals surface area contributed by atoms with E-state index in [-0.39, 0.29) is 29.7 Å². The summed E-state index contributed by atoms with van der Waals surface area (Å²) in [6.07, 6.45) is 3.41. The molecule has 0 heterocycles. The molecular formula is C16H23FN2O2. The molecule has 1 aliphatic carbocycles. The van der Waals surface area contributed by atoms with Gasteiger partial charge in [-0.25, -0.2) is 4.39 Å². The van der Waals surface area contributed by atoms with Gasteiger partial charge in [-0.1, -0.05) is 0 Å². The van der Waals surface area contributed by atoms with E-state index in [1.165, 1.54) is 19.2 Å². The highest BCUT2D eigenvalue weighted by Crippen LogP contribution is 2.28. The third-order valence-electron chi connectivity index (χ3n) is 4.16. The molecule has 1 atom stereocenters. The zero-order valence-corrected chi connectivity index (χ0v) is 12.6. The Morgan fingerprint density at radius 2 is 2.05 bits per heavy atom. The molecule has 21 heavy (non-hydrogen) atoms. The van der Waals surface area contributed by atoms with Gasteiger partial charge in [0, 0.05) is 17.5 Å². The Hall–Kier alpha value is -1.62. The summed E-state index contributed by atoms with van der Waals surface area (Å²) < 4.78 is 18.6. The van der Waals surface area contributed by atoms with E-state index in [2.05, 4.69) is 5.32 Å². The zero-order chi connectivity index (χ0) is 15.4. The van der Waals surface area contributed by atoms with Gasteiger partial charge in [-0.15, -0.1) is 0 Å². The van der Waals surface area contributed by atoms with E-state index in [4.69, 9.17) is 10.5 Å². The van der Waals surface area contributed by atoms with Crippen LogP contribution in [0.1, 0.15) is 44.2 Å². The van der Waals surface area contributed by atoms with Crippen LogP contribution in [0.15, 0.2) is 18.2 Å². The first-order chi connectivity index (χ1) is 10.0. The number of ether oxygens (including phenoxy) is 1. The number of benzene rings is 1. The number of rotatable bonds is 4. The number of nitrogens with two attached hydrogens (primary N) is 1. The van der Waals surface area contributed by atoms with Gasteiger partial charge >= 0.3 is 0 Å².